The van der Waals surface area contributed by atoms with E-state index in [1.165, 1.54) is 12.3 Å². The molecule has 1 heterocycles. The number of rotatable bonds is 8. The first-order chi connectivity index (χ1) is 12.5. The van der Waals surface area contributed by atoms with Crippen molar-refractivity contribution in [3.05, 3.63) is 57.7 Å². The molecular formula is C18H18Cl2N2O4. The van der Waals surface area contributed by atoms with Crippen molar-refractivity contribution in [2.75, 3.05) is 19.8 Å². The summed E-state index contributed by atoms with van der Waals surface area (Å²) in [6.45, 7) is 2.11. The van der Waals surface area contributed by atoms with Gasteiger partial charge < -0.3 is 14.8 Å². The second-order valence-electron chi connectivity index (χ2n) is 5.20. The molecule has 8 heteroatoms. The predicted molar refractivity (Wildman–Crippen MR) is 98.9 cm³/mol. The molecule has 0 aliphatic rings. The van der Waals surface area contributed by atoms with E-state index in [1.54, 1.807) is 31.2 Å². The first kappa shape index (κ1) is 20.0. The lowest BCUT2D eigenvalue weighted by molar-refractivity contribution is -0.124. The molecule has 0 bridgehead atoms. The summed E-state index contributed by atoms with van der Waals surface area (Å²) >= 11 is 11.9. The summed E-state index contributed by atoms with van der Waals surface area (Å²) in [5, 5.41) is 3.76. The van der Waals surface area contributed by atoms with Crippen LogP contribution >= 0.6 is 23.2 Å². The van der Waals surface area contributed by atoms with E-state index in [-0.39, 0.29) is 11.4 Å². The van der Waals surface area contributed by atoms with E-state index in [4.69, 9.17) is 32.7 Å². The minimum absolute atomic E-state index is 0.176. The van der Waals surface area contributed by atoms with Crippen molar-refractivity contribution in [1.82, 2.24) is 10.3 Å². The average Bonchev–Trinajstić information content (AvgIpc) is 2.62. The number of carbonyl (C=O) groups is 2. The molecule has 6 nitrogen and oxygen atoms in total. The van der Waals surface area contributed by atoms with Gasteiger partial charge in [-0.25, -0.2) is 9.78 Å². The van der Waals surface area contributed by atoms with Crippen molar-refractivity contribution < 1.29 is 19.1 Å². The number of carbonyl (C=O) groups excluding carboxylic acids is 2. The van der Waals surface area contributed by atoms with Crippen LogP contribution in [0.25, 0.3) is 0 Å². The number of benzene rings is 1. The van der Waals surface area contributed by atoms with E-state index >= 15 is 0 Å². The van der Waals surface area contributed by atoms with Crippen LogP contribution in [0.3, 0.4) is 0 Å². The fourth-order valence-electron chi connectivity index (χ4n) is 2.12. The van der Waals surface area contributed by atoms with Crippen LogP contribution < -0.4 is 10.1 Å². The Bertz CT molecular complexity index is 784. The molecule has 1 aromatic heterocycles. The summed E-state index contributed by atoms with van der Waals surface area (Å²) in [6, 6.07) is 8.30. The van der Waals surface area contributed by atoms with Gasteiger partial charge in [0.1, 0.15) is 5.56 Å². The molecule has 138 valence electrons. The summed E-state index contributed by atoms with van der Waals surface area (Å²) in [6.07, 6.45) is 2.04. The quantitative estimate of drug-likeness (QED) is 0.692. The molecule has 0 aliphatic heterocycles. The monoisotopic (exact) mass is 396 g/mol. The van der Waals surface area contributed by atoms with Crippen LogP contribution in [0.15, 0.2) is 36.5 Å². The van der Waals surface area contributed by atoms with Gasteiger partial charge in [-0.3, -0.25) is 4.79 Å². The minimum Gasteiger partial charge on any atom is -0.477 e. The third kappa shape index (κ3) is 5.89. The van der Waals surface area contributed by atoms with Gasteiger partial charge >= 0.3 is 5.97 Å². The first-order valence-electron chi connectivity index (χ1n) is 7.96. The lowest BCUT2D eigenvalue weighted by atomic mass is 10.1. The zero-order valence-electron chi connectivity index (χ0n) is 14.1. The third-order valence-corrected chi connectivity index (χ3v) is 3.93. The highest BCUT2D eigenvalue weighted by Crippen LogP contribution is 2.21. The van der Waals surface area contributed by atoms with E-state index in [0.29, 0.717) is 29.6 Å². The molecule has 0 saturated carbocycles. The molecule has 0 aliphatic carbocycles. The predicted octanol–water partition coefficient (Wildman–Crippen LogP) is 3.30. The lowest BCUT2D eigenvalue weighted by Gasteiger charge is -2.09. The summed E-state index contributed by atoms with van der Waals surface area (Å²) in [5.74, 6) is -0.902. The Morgan fingerprint density at radius 1 is 1.23 bits per heavy atom. The van der Waals surface area contributed by atoms with Crippen molar-refractivity contribution in [3.63, 3.8) is 0 Å². The molecule has 1 N–H and O–H groups in total. The zero-order chi connectivity index (χ0) is 18.9. The van der Waals surface area contributed by atoms with Gasteiger partial charge in [0.25, 0.3) is 5.91 Å². The Labute approximate surface area is 161 Å². The van der Waals surface area contributed by atoms with Gasteiger partial charge in [-0.1, -0.05) is 29.3 Å². The smallest absolute Gasteiger partial charge is 0.344 e. The van der Waals surface area contributed by atoms with Crippen LogP contribution in [-0.2, 0) is 16.0 Å². The number of nitrogens with zero attached hydrogens (tertiary/aromatic N) is 1. The van der Waals surface area contributed by atoms with Crippen LogP contribution in [0.2, 0.25) is 10.0 Å². The zero-order valence-corrected chi connectivity index (χ0v) is 15.6. The summed E-state index contributed by atoms with van der Waals surface area (Å²) < 4.78 is 10.3. The molecular weight excluding hydrogens is 379 g/mol. The Hall–Kier alpha value is -2.31. The standard InChI is InChI=1S/C18H18Cl2N2O4/c1-2-25-17-14(4-3-8-22-17)18(24)26-11-16(23)21-9-7-12-5-6-13(19)10-15(12)20/h3-6,8,10H,2,7,9,11H2,1H3,(H,21,23). The van der Waals surface area contributed by atoms with E-state index in [9.17, 15) is 9.59 Å². The van der Waals surface area contributed by atoms with Gasteiger partial charge in [0.15, 0.2) is 6.61 Å². The number of hydrogen-bond acceptors (Lipinski definition) is 5. The normalized spacial score (nSPS) is 10.3. The molecule has 0 saturated heterocycles. The molecule has 0 atom stereocenters. The van der Waals surface area contributed by atoms with Crippen molar-refractivity contribution in [2.45, 2.75) is 13.3 Å². The van der Waals surface area contributed by atoms with Crippen molar-refractivity contribution in [2.24, 2.45) is 0 Å². The number of pyridine rings is 1. The molecule has 0 spiro atoms. The van der Waals surface area contributed by atoms with E-state index in [1.807, 2.05) is 0 Å². The minimum atomic E-state index is -0.669. The number of halogens is 2. The molecule has 0 unspecified atom stereocenters. The van der Waals surface area contributed by atoms with Crippen molar-refractivity contribution in [1.29, 1.82) is 0 Å². The van der Waals surface area contributed by atoms with E-state index in [0.717, 1.165) is 5.56 Å². The number of esters is 1. The first-order valence-corrected chi connectivity index (χ1v) is 8.72. The van der Waals surface area contributed by atoms with Gasteiger partial charge in [-0.05, 0) is 43.2 Å². The second-order valence-corrected chi connectivity index (χ2v) is 6.04. The van der Waals surface area contributed by atoms with E-state index < -0.39 is 18.5 Å². The van der Waals surface area contributed by atoms with Crippen LogP contribution in [0, 0.1) is 0 Å². The maximum atomic E-state index is 12.1. The number of nitrogens with one attached hydrogen (secondary N) is 1. The maximum Gasteiger partial charge on any atom is 0.344 e. The summed E-state index contributed by atoms with van der Waals surface area (Å²) in [7, 11) is 0. The highest BCUT2D eigenvalue weighted by atomic mass is 35.5. The Morgan fingerprint density at radius 3 is 2.77 bits per heavy atom. The molecule has 26 heavy (non-hydrogen) atoms. The molecule has 0 radical (unpaired) electrons. The Morgan fingerprint density at radius 2 is 2.04 bits per heavy atom. The highest BCUT2D eigenvalue weighted by molar-refractivity contribution is 6.35. The fraction of sp³-hybridized carbons (Fsp3) is 0.278. The van der Waals surface area contributed by atoms with Crippen LogP contribution in [0.4, 0.5) is 0 Å². The maximum absolute atomic E-state index is 12.1. The number of hydrogen-bond donors (Lipinski definition) is 1. The van der Waals surface area contributed by atoms with Crippen LogP contribution in [-0.4, -0.2) is 36.6 Å². The summed E-state index contributed by atoms with van der Waals surface area (Å²) in [4.78, 5) is 27.9. The SMILES string of the molecule is CCOc1ncccc1C(=O)OCC(=O)NCCc1ccc(Cl)cc1Cl. The van der Waals surface area contributed by atoms with E-state index in [2.05, 4.69) is 10.3 Å². The van der Waals surface area contributed by atoms with Crippen LogP contribution in [0.5, 0.6) is 5.88 Å². The van der Waals surface area contributed by atoms with Crippen molar-refractivity contribution in [3.8, 4) is 5.88 Å². The van der Waals surface area contributed by atoms with Gasteiger partial charge in [-0.15, -0.1) is 0 Å². The molecule has 1 amide bonds. The molecule has 2 rings (SSSR count). The van der Waals surface area contributed by atoms with Gasteiger partial charge in [0.2, 0.25) is 5.88 Å². The molecule has 0 fully saturated rings. The van der Waals surface area contributed by atoms with Crippen molar-refractivity contribution >= 4 is 35.1 Å². The number of aromatic nitrogens is 1. The highest BCUT2D eigenvalue weighted by Gasteiger charge is 2.16. The Kier molecular flexibility index (Phi) is 7.69. The summed E-state index contributed by atoms with van der Waals surface area (Å²) in [5.41, 5.74) is 1.04. The lowest BCUT2D eigenvalue weighted by Crippen LogP contribution is -2.30. The fourth-order valence-corrected chi connectivity index (χ4v) is 2.62. The van der Waals surface area contributed by atoms with Gasteiger partial charge in [-0.2, -0.15) is 0 Å². The largest absolute Gasteiger partial charge is 0.477 e. The second kappa shape index (κ2) is 9.99. The number of amides is 1. The molecule has 1 aromatic carbocycles. The molecule has 2 aromatic rings. The average molecular weight is 397 g/mol. The van der Waals surface area contributed by atoms with Crippen LogP contribution in [0.1, 0.15) is 22.8 Å². The third-order valence-electron chi connectivity index (χ3n) is 3.34. The Balaban J connectivity index is 1.79. The number of ether oxygens (including phenoxy) is 2. The van der Waals surface area contributed by atoms with Gasteiger partial charge in [0, 0.05) is 22.8 Å². The van der Waals surface area contributed by atoms with Gasteiger partial charge in [0.05, 0.1) is 6.61 Å². The topological polar surface area (TPSA) is 77.5 Å².